The van der Waals surface area contributed by atoms with Crippen LogP contribution in [-0.4, -0.2) is 69.9 Å². The summed E-state index contributed by atoms with van der Waals surface area (Å²) in [5.41, 5.74) is 9.79. The van der Waals surface area contributed by atoms with Gasteiger partial charge in [0.2, 0.25) is 11.8 Å². The first-order valence-electron chi connectivity index (χ1n) is 19.7. The standard InChI is InChI=1S/C44H49N7O4/c1-26(2)41(50-44(54)55-3)43(53)51-18-4-5-38(51)36-20-33(22-47-36)29-10-6-27(7-11-29)28-8-12-30(13-9-28)34-21-37(48-23-34)39-31-14-15-32(19-31)40(39)42(52)49-25-35-24-45-16-17-46-35/h6-13,16-17,22-24,26,31-32,38-41H,4-5,14-15,18-21,25H2,1-3H3,(H,49,52)(H,50,54)/t31?,32?,38-,39-,40+,41-/m0/s1. The molecule has 3 amide bonds. The van der Waals surface area contributed by atoms with E-state index in [9.17, 15) is 14.4 Å². The maximum atomic E-state index is 13.6. The number of aromatic nitrogens is 2. The fraction of sp³-hybridized carbons (Fsp3) is 0.432. The molecule has 3 fully saturated rings. The average Bonchev–Trinajstić information content (AvgIpc) is 4.07. The number of fused-ring (bicyclic) bond motifs is 2. The number of alkyl carbamates (subject to hydrolysis) is 1. The number of hydrogen-bond acceptors (Lipinski definition) is 8. The number of nitrogens with one attached hydrogen (secondary N) is 2. The molecule has 1 aromatic heterocycles. The minimum Gasteiger partial charge on any atom is -0.453 e. The van der Waals surface area contributed by atoms with Crippen LogP contribution in [-0.2, 0) is 20.9 Å². The van der Waals surface area contributed by atoms with Crippen LogP contribution in [0.3, 0.4) is 0 Å². The van der Waals surface area contributed by atoms with Gasteiger partial charge in [0.25, 0.3) is 0 Å². The molecule has 0 radical (unpaired) electrons. The highest BCUT2D eigenvalue weighted by atomic mass is 16.5. The molecule has 2 aliphatic carbocycles. The second-order valence-electron chi connectivity index (χ2n) is 15.9. The van der Waals surface area contributed by atoms with Crippen molar-refractivity contribution in [3.63, 3.8) is 0 Å². The van der Waals surface area contributed by atoms with Gasteiger partial charge in [0.05, 0.1) is 31.6 Å². The van der Waals surface area contributed by atoms with Crippen LogP contribution in [0, 0.1) is 29.6 Å². The van der Waals surface area contributed by atoms with E-state index in [1.807, 2.05) is 31.1 Å². The van der Waals surface area contributed by atoms with E-state index in [1.54, 1.807) is 18.6 Å². The number of likely N-dealkylation sites (tertiary alicyclic amines) is 1. The van der Waals surface area contributed by atoms with Gasteiger partial charge in [-0.3, -0.25) is 29.5 Å². The number of benzene rings is 2. The Morgan fingerprint density at radius 1 is 0.836 bits per heavy atom. The third kappa shape index (κ3) is 7.49. The molecule has 5 aliphatic rings. The van der Waals surface area contributed by atoms with Gasteiger partial charge >= 0.3 is 6.09 Å². The zero-order chi connectivity index (χ0) is 38.1. The van der Waals surface area contributed by atoms with E-state index in [2.05, 4.69) is 69.1 Å². The van der Waals surface area contributed by atoms with Crippen LogP contribution >= 0.6 is 0 Å². The molecule has 8 rings (SSSR count). The van der Waals surface area contributed by atoms with E-state index in [0.29, 0.717) is 31.3 Å². The molecule has 11 heteroatoms. The van der Waals surface area contributed by atoms with Gasteiger partial charge in [-0.1, -0.05) is 62.4 Å². The third-order valence-electron chi connectivity index (χ3n) is 12.3. The Morgan fingerprint density at radius 3 is 2.11 bits per heavy atom. The average molecular weight is 740 g/mol. The summed E-state index contributed by atoms with van der Waals surface area (Å²) in [6.45, 7) is 4.90. The Morgan fingerprint density at radius 2 is 1.47 bits per heavy atom. The first kappa shape index (κ1) is 36.5. The van der Waals surface area contributed by atoms with Crippen molar-refractivity contribution in [3.05, 3.63) is 96.3 Å². The molecule has 284 valence electrons. The van der Waals surface area contributed by atoms with E-state index < -0.39 is 12.1 Å². The fourth-order valence-corrected chi connectivity index (χ4v) is 9.53. The zero-order valence-electron chi connectivity index (χ0n) is 31.8. The SMILES string of the molecule is COC(=O)N[C@H](C(=O)N1CCC[C@H]1C1=NC=C(c2ccc(-c3ccc(C4=CN=C([C@@H]5C6CCC(C6)[C@H]5C(=O)NCc5cnccn5)C4)cc3)cc2)C1)C(C)C. The molecule has 2 saturated carbocycles. The number of allylic oxidation sites excluding steroid dienone is 2. The minimum absolute atomic E-state index is 0.0358. The number of rotatable bonds is 11. The Kier molecular flexibility index (Phi) is 10.4. The molecule has 0 spiro atoms. The number of carbonyl (C=O) groups is 3. The number of methoxy groups -OCH3 is 1. The van der Waals surface area contributed by atoms with Gasteiger partial charge in [-0.05, 0) is 83.3 Å². The molecular formula is C44H49N7O4. The summed E-state index contributed by atoms with van der Waals surface area (Å²) in [5, 5.41) is 5.87. The summed E-state index contributed by atoms with van der Waals surface area (Å²) in [6, 6.07) is 16.6. The predicted octanol–water partition coefficient (Wildman–Crippen LogP) is 6.87. The second-order valence-corrected chi connectivity index (χ2v) is 15.9. The van der Waals surface area contributed by atoms with Gasteiger partial charge < -0.3 is 20.3 Å². The molecule has 4 heterocycles. The van der Waals surface area contributed by atoms with Crippen molar-refractivity contribution >= 4 is 40.5 Å². The number of amides is 3. The van der Waals surface area contributed by atoms with Crippen molar-refractivity contribution < 1.29 is 19.1 Å². The van der Waals surface area contributed by atoms with Crippen molar-refractivity contribution in [1.29, 1.82) is 0 Å². The third-order valence-corrected chi connectivity index (χ3v) is 12.3. The van der Waals surface area contributed by atoms with Crippen molar-refractivity contribution in [2.24, 2.45) is 39.6 Å². The molecular weight excluding hydrogens is 691 g/mol. The first-order chi connectivity index (χ1) is 26.8. The number of hydrogen-bond donors (Lipinski definition) is 2. The molecule has 2 unspecified atom stereocenters. The summed E-state index contributed by atoms with van der Waals surface area (Å²) >= 11 is 0. The highest BCUT2D eigenvalue weighted by Crippen LogP contribution is 2.54. The summed E-state index contributed by atoms with van der Waals surface area (Å²) in [4.78, 5) is 59.1. The van der Waals surface area contributed by atoms with Gasteiger partial charge in [0.15, 0.2) is 0 Å². The molecule has 3 aromatic rings. The summed E-state index contributed by atoms with van der Waals surface area (Å²) in [5.74, 6) is 1.05. The largest absolute Gasteiger partial charge is 0.453 e. The molecule has 3 aliphatic heterocycles. The van der Waals surface area contributed by atoms with Crippen molar-refractivity contribution in [2.75, 3.05) is 13.7 Å². The molecule has 2 bridgehead atoms. The van der Waals surface area contributed by atoms with Gasteiger partial charge in [-0.2, -0.15) is 0 Å². The van der Waals surface area contributed by atoms with E-state index in [-0.39, 0.29) is 35.6 Å². The Hall–Kier alpha value is -5.45. The quantitative estimate of drug-likeness (QED) is 0.220. The number of aliphatic imine (C=N–C) groups is 2. The zero-order valence-corrected chi connectivity index (χ0v) is 31.8. The molecule has 1 saturated heterocycles. The van der Waals surface area contributed by atoms with Crippen LogP contribution in [0.1, 0.15) is 75.6 Å². The predicted molar refractivity (Wildman–Crippen MR) is 213 cm³/mol. The van der Waals surface area contributed by atoms with Crippen LogP contribution in [0.5, 0.6) is 0 Å². The number of ether oxygens (including phenoxy) is 1. The number of nitrogens with zero attached hydrogens (tertiary/aromatic N) is 5. The summed E-state index contributed by atoms with van der Waals surface area (Å²) < 4.78 is 4.78. The van der Waals surface area contributed by atoms with E-state index in [1.165, 1.54) is 19.1 Å². The Balaban J connectivity index is 0.863. The molecule has 2 aromatic carbocycles. The highest BCUT2D eigenvalue weighted by Gasteiger charge is 2.52. The molecule has 2 N–H and O–H groups in total. The van der Waals surface area contributed by atoms with Gasteiger partial charge in [-0.25, -0.2) is 4.79 Å². The smallest absolute Gasteiger partial charge is 0.407 e. The maximum absolute atomic E-state index is 13.6. The normalized spacial score (nSPS) is 24.7. The van der Waals surface area contributed by atoms with Crippen LogP contribution in [0.25, 0.3) is 22.3 Å². The highest BCUT2D eigenvalue weighted by molar-refractivity contribution is 6.04. The lowest BCUT2D eigenvalue weighted by Crippen LogP contribution is -2.53. The lowest BCUT2D eigenvalue weighted by Gasteiger charge is -2.31. The van der Waals surface area contributed by atoms with E-state index in [4.69, 9.17) is 14.7 Å². The van der Waals surface area contributed by atoms with Gasteiger partial charge in [0, 0.05) is 67.4 Å². The van der Waals surface area contributed by atoms with Crippen LogP contribution in [0.4, 0.5) is 4.79 Å². The van der Waals surface area contributed by atoms with E-state index >= 15 is 0 Å². The first-order valence-corrected chi connectivity index (χ1v) is 19.7. The maximum Gasteiger partial charge on any atom is 0.407 e. The van der Waals surface area contributed by atoms with Crippen molar-refractivity contribution in [2.45, 2.75) is 77.4 Å². The van der Waals surface area contributed by atoms with Crippen LogP contribution in [0.15, 0.2) is 89.5 Å². The monoisotopic (exact) mass is 739 g/mol. The van der Waals surface area contributed by atoms with Crippen molar-refractivity contribution in [3.8, 4) is 11.1 Å². The Bertz CT molecular complexity index is 2060. The topological polar surface area (TPSA) is 138 Å². The summed E-state index contributed by atoms with van der Waals surface area (Å²) in [6.07, 6.45) is 15.0. The van der Waals surface area contributed by atoms with Crippen LogP contribution < -0.4 is 10.6 Å². The molecule has 11 nitrogen and oxygen atoms in total. The molecule has 55 heavy (non-hydrogen) atoms. The van der Waals surface area contributed by atoms with Crippen molar-refractivity contribution in [1.82, 2.24) is 25.5 Å². The molecule has 6 atom stereocenters. The lowest BCUT2D eigenvalue weighted by molar-refractivity contribution is -0.134. The minimum atomic E-state index is -0.647. The summed E-state index contributed by atoms with van der Waals surface area (Å²) in [7, 11) is 1.31. The second kappa shape index (κ2) is 15.7. The van der Waals surface area contributed by atoms with Crippen LogP contribution in [0.2, 0.25) is 0 Å². The van der Waals surface area contributed by atoms with Gasteiger partial charge in [0.1, 0.15) is 6.04 Å². The Labute approximate surface area is 322 Å². The van der Waals surface area contributed by atoms with Gasteiger partial charge in [-0.15, -0.1) is 0 Å². The lowest BCUT2D eigenvalue weighted by atomic mass is 9.75. The fourth-order valence-electron chi connectivity index (χ4n) is 9.53. The van der Waals surface area contributed by atoms with E-state index in [0.717, 1.165) is 77.0 Å². The number of carbonyl (C=O) groups excluding carboxylic acids is 3.